The number of halogens is 1. The monoisotopic (exact) mass is 345 g/mol. The van der Waals surface area contributed by atoms with E-state index in [-0.39, 0.29) is 37.7 Å². The molecule has 2 rings (SSSR count). The van der Waals surface area contributed by atoms with Crippen LogP contribution in [-0.2, 0) is 11.3 Å². The van der Waals surface area contributed by atoms with Crippen LogP contribution in [0.4, 0.5) is 0 Å². The Morgan fingerprint density at radius 2 is 1.62 bits per heavy atom. The van der Waals surface area contributed by atoms with Crippen molar-refractivity contribution in [1.29, 1.82) is 0 Å². The highest BCUT2D eigenvalue weighted by Gasteiger charge is 2.16. The maximum Gasteiger partial charge on any atom is 0.223 e. The Morgan fingerprint density at radius 1 is 0.958 bits per heavy atom. The minimum absolute atomic E-state index is 0.0938. The summed E-state index contributed by atoms with van der Waals surface area (Å²) in [7, 11) is 0. The zero-order valence-corrected chi connectivity index (χ0v) is 14.1. The van der Waals surface area contributed by atoms with E-state index in [2.05, 4.69) is 0 Å². The van der Waals surface area contributed by atoms with Gasteiger partial charge < -0.3 is 10.0 Å². The number of nitrogens with zero attached hydrogens (tertiary/aromatic N) is 1. The lowest BCUT2D eigenvalue weighted by atomic mass is 10.1. The van der Waals surface area contributed by atoms with Gasteiger partial charge in [0.05, 0.1) is 6.61 Å². The molecule has 2 aromatic carbocycles. The first kappa shape index (κ1) is 18.2. The molecule has 0 unspecified atom stereocenters. The number of amides is 1. The lowest BCUT2D eigenvalue weighted by molar-refractivity contribution is -0.132. The van der Waals surface area contributed by atoms with Crippen LogP contribution in [0.25, 0.3) is 0 Å². The zero-order chi connectivity index (χ0) is 17.4. The SMILES string of the molecule is O=C(CCC(=O)N(CCO)Cc1ccccc1)c1ccc(Cl)cc1. The summed E-state index contributed by atoms with van der Waals surface area (Å²) in [4.78, 5) is 26.1. The van der Waals surface area contributed by atoms with Crippen LogP contribution in [0, 0.1) is 0 Å². The molecule has 0 fully saturated rings. The van der Waals surface area contributed by atoms with Gasteiger partial charge in [-0.25, -0.2) is 0 Å². The lowest BCUT2D eigenvalue weighted by Gasteiger charge is -2.22. The highest BCUT2D eigenvalue weighted by Crippen LogP contribution is 2.13. The van der Waals surface area contributed by atoms with Gasteiger partial charge in [-0.1, -0.05) is 41.9 Å². The third kappa shape index (κ3) is 5.48. The van der Waals surface area contributed by atoms with Crippen LogP contribution in [-0.4, -0.2) is 34.8 Å². The second-order valence-electron chi connectivity index (χ2n) is 5.45. The molecule has 4 nitrogen and oxygen atoms in total. The zero-order valence-electron chi connectivity index (χ0n) is 13.3. The number of aliphatic hydroxyl groups is 1. The molecule has 0 bridgehead atoms. The first-order valence-corrected chi connectivity index (χ1v) is 8.19. The van der Waals surface area contributed by atoms with Crippen molar-refractivity contribution in [3.8, 4) is 0 Å². The highest BCUT2D eigenvalue weighted by atomic mass is 35.5. The molecular weight excluding hydrogens is 326 g/mol. The largest absolute Gasteiger partial charge is 0.395 e. The van der Waals surface area contributed by atoms with Gasteiger partial charge in [-0.15, -0.1) is 0 Å². The molecule has 0 aliphatic carbocycles. The van der Waals surface area contributed by atoms with Crippen molar-refractivity contribution in [2.75, 3.05) is 13.2 Å². The van der Waals surface area contributed by atoms with Gasteiger partial charge in [0, 0.05) is 36.5 Å². The van der Waals surface area contributed by atoms with Crippen LogP contribution in [0.5, 0.6) is 0 Å². The molecule has 0 spiro atoms. The first-order valence-electron chi connectivity index (χ1n) is 7.81. The molecule has 0 saturated carbocycles. The Hall–Kier alpha value is -2.17. The fraction of sp³-hybridized carbons (Fsp3) is 0.263. The topological polar surface area (TPSA) is 57.6 Å². The summed E-state index contributed by atoms with van der Waals surface area (Å²) in [5.74, 6) is -0.237. The van der Waals surface area contributed by atoms with Gasteiger partial charge in [0.25, 0.3) is 0 Å². The molecule has 0 aromatic heterocycles. The van der Waals surface area contributed by atoms with E-state index in [0.717, 1.165) is 5.56 Å². The predicted molar refractivity (Wildman–Crippen MR) is 94.0 cm³/mol. The predicted octanol–water partition coefficient (Wildman–Crippen LogP) is 3.32. The summed E-state index contributed by atoms with van der Waals surface area (Å²) < 4.78 is 0. The number of ketones is 1. The maximum atomic E-state index is 12.4. The summed E-state index contributed by atoms with van der Waals surface area (Å²) in [5, 5.41) is 9.74. The third-order valence-electron chi connectivity index (χ3n) is 3.67. The number of rotatable bonds is 8. The van der Waals surface area contributed by atoms with Crippen molar-refractivity contribution >= 4 is 23.3 Å². The molecule has 0 radical (unpaired) electrons. The van der Waals surface area contributed by atoms with E-state index in [9.17, 15) is 14.7 Å². The average molecular weight is 346 g/mol. The van der Waals surface area contributed by atoms with Gasteiger partial charge >= 0.3 is 0 Å². The van der Waals surface area contributed by atoms with Gasteiger partial charge in [-0.3, -0.25) is 9.59 Å². The standard InChI is InChI=1S/C19H20ClNO3/c20-17-8-6-16(7-9-17)18(23)10-11-19(24)21(12-13-22)14-15-4-2-1-3-5-15/h1-9,22H,10-14H2. The number of Topliss-reactive ketones (excluding diaryl/α,β-unsaturated/α-hetero) is 1. The van der Waals surface area contributed by atoms with Crippen LogP contribution in [0.15, 0.2) is 54.6 Å². The number of carbonyl (C=O) groups excluding carboxylic acids is 2. The van der Waals surface area contributed by atoms with E-state index in [4.69, 9.17) is 11.6 Å². The van der Waals surface area contributed by atoms with E-state index in [1.165, 1.54) is 0 Å². The number of aliphatic hydroxyl groups excluding tert-OH is 1. The number of hydrogen-bond acceptors (Lipinski definition) is 3. The number of hydrogen-bond donors (Lipinski definition) is 1. The Bertz CT molecular complexity index is 671. The molecule has 126 valence electrons. The molecular formula is C19H20ClNO3. The number of carbonyl (C=O) groups is 2. The molecule has 0 saturated heterocycles. The summed E-state index contributed by atoms with van der Waals surface area (Å²) >= 11 is 5.80. The van der Waals surface area contributed by atoms with Crippen LogP contribution < -0.4 is 0 Å². The van der Waals surface area contributed by atoms with Crippen LogP contribution in [0.1, 0.15) is 28.8 Å². The van der Waals surface area contributed by atoms with E-state index in [1.807, 2.05) is 30.3 Å². The molecule has 2 aromatic rings. The molecule has 0 heterocycles. The van der Waals surface area contributed by atoms with Gasteiger partial charge in [-0.2, -0.15) is 0 Å². The minimum atomic E-state index is -0.143. The molecule has 1 amide bonds. The van der Waals surface area contributed by atoms with Crippen LogP contribution in [0.2, 0.25) is 5.02 Å². The normalized spacial score (nSPS) is 10.4. The molecule has 5 heteroatoms. The molecule has 1 N–H and O–H groups in total. The fourth-order valence-electron chi connectivity index (χ4n) is 2.38. The first-order chi connectivity index (χ1) is 11.6. The van der Waals surface area contributed by atoms with E-state index >= 15 is 0 Å². The highest BCUT2D eigenvalue weighted by molar-refractivity contribution is 6.30. The fourth-order valence-corrected chi connectivity index (χ4v) is 2.50. The van der Waals surface area contributed by atoms with Crippen molar-refractivity contribution in [2.24, 2.45) is 0 Å². The molecule has 0 atom stereocenters. The quantitative estimate of drug-likeness (QED) is 0.747. The summed E-state index contributed by atoms with van der Waals surface area (Å²) in [6, 6.07) is 16.2. The van der Waals surface area contributed by atoms with Crippen molar-refractivity contribution in [3.05, 3.63) is 70.7 Å². The molecule has 0 aliphatic rings. The van der Waals surface area contributed by atoms with Crippen molar-refractivity contribution in [3.63, 3.8) is 0 Å². The second-order valence-corrected chi connectivity index (χ2v) is 5.89. The van der Waals surface area contributed by atoms with Gasteiger partial charge in [0.1, 0.15) is 0 Å². The Kier molecular flexibility index (Phi) is 6.97. The Labute approximate surface area is 146 Å². The summed E-state index contributed by atoms with van der Waals surface area (Å²) in [6.07, 6.45) is 0.255. The molecule has 0 aliphatic heterocycles. The Balaban J connectivity index is 1.92. The summed E-state index contributed by atoms with van der Waals surface area (Å²) in [5.41, 5.74) is 1.53. The average Bonchev–Trinajstić information content (AvgIpc) is 2.60. The maximum absolute atomic E-state index is 12.4. The van der Waals surface area contributed by atoms with Crippen molar-refractivity contribution < 1.29 is 14.7 Å². The molecule has 24 heavy (non-hydrogen) atoms. The minimum Gasteiger partial charge on any atom is -0.395 e. The van der Waals surface area contributed by atoms with E-state index in [0.29, 0.717) is 17.1 Å². The lowest BCUT2D eigenvalue weighted by Crippen LogP contribution is -2.33. The third-order valence-corrected chi connectivity index (χ3v) is 3.92. The van der Waals surface area contributed by atoms with Gasteiger partial charge in [0.2, 0.25) is 5.91 Å². The van der Waals surface area contributed by atoms with Crippen molar-refractivity contribution in [1.82, 2.24) is 4.90 Å². The van der Waals surface area contributed by atoms with Crippen LogP contribution in [0.3, 0.4) is 0 Å². The van der Waals surface area contributed by atoms with E-state index in [1.54, 1.807) is 29.2 Å². The van der Waals surface area contributed by atoms with Crippen LogP contribution >= 0.6 is 11.6 Å². The Morgan fingerprint density at radius 3 is 2.25 bits per heavy atom. The smallest absolute Gasteiger partial charge is 0.223 e. The second kappa shape index (κ2) is 9.21. The van der Waals surface area contributed by atoms with Gasteiger partial charge in [-0.05, 0) is 29.8 Å². The van der Waals surface area contributed by atoms with Gasteiger partial charge in [0.15, 0.2) is 5.78 Å². The van der Waals surface area contributed by atoms with E-state index < -0.39 is 0 Å². The summed E-state index contributed by atoms with van der Waals surface area (Å²) in [6.45, 7) is 0.571. The van der Waals surface area contributed by atoms with Crippen molar-refractivity contribution in [2.45, 2.75) is 19.4 Å². The number of benzene rings is 2.